The SMILES string of the molecule is N#Cc1[nH]nnc1-c1cc(/C=C/c2nccc(C(F)(F)F)n2)cc(C(F)(F)F)c1. The number of benzene rings is 1. The van der Waals surface area contributed by atoms with Crippen LogP contribution in [-0.2, 0) is 12.4 Å². The normalized spacial score (nSPS) is 12.3. The molecule has 0 atom stereocenters. The molecule has 0 aliphatic carbocycles. The molecule has 0 saturated carbocycles. The first-order valence-corrected chi connectivity index (χ1v) is 7.70. The number of hydrogen-bond acceptors (Lipinski definition) is 5. The van der Waals surface area contributed by atoms with Crippen molar-refractivity contribution in [3.05, 3.63) is 58.8 Å². The number of alkyl halides is 6. The van der Waals surface area contributed by atoms with E-state index >= 15 is 0 Å². The lowest BCUT2D eigenvalue weighted by atomic mass is 10.0. The van der Waals surface area contributed by atoms with Gasteiger partial charge in [0.15, 0.2) is 11.5 Å². The van der Waals surface area contributed by atoms with Gasteiger partial charge in [0.2, 0.25) is 0 Å². The Morgan fingerprint density at radius 1 is 1.00 bits per heavy atom. The molecule has 0 aliphatic rings. The third-order valence-corrected chi connectivity index (χ3v) is 3.61. The molecule has 29 heavy (non-hydrogen) atoms. The predicted molar refractivity (Wildman–Crippen MR) is 87.5 cm³/mol. The maximum atomic E-state index is 13.2. The first kappa shape index (κ1) is 20.0. The molecule has 12 heteroatoms. The van der Waals surface area contributed by atoms with Crippen LogP contribution in [0.15, 0.2) is 30.5 Å². The number of aromatic amines is 1. The van der Waals surface area contributed by atoms with E-state index in [1.165, 1.54) is 6.07 Å². The molecule has 0 spiro atoms. The van der Waals surface area contributed by atoms with Crippen molar-refractivity contribution in [1.29, 1.82) is 5.26 Å². The van der Waals surface area contributed by atoms with E-state index in [1.54, 1.807) is 6.07 Å². The Hall–Kier alpha value is -3.75. The summed E-state index contributed by atoms with van der Waals surface area (Å²) in [5, 5.41) is 18.3. The monoisotopic (exact) mass is 410 g/mol. The molecule has 1 N–H and O–H groups in total. The maximum absolute atomic E-state index is 13.2. The molecule has 0 aliphatic heterocycles. The maximum Gasteiger partial charge on any atom is 0.433 e. The standard InChI is InChI=1S/C17H8F6N6/c18-16(19,20)11-6-9(5-10(7-11)15-12(8-24)27-29-28-15)1-2-14-25-4-3-13(26-14)17(21,22)23/h1-7H,(H,27,28,29)/b2-1+. The Labute approximate surface area is 158 Å². The lowest BCUT2D eigenvalue weighted by Gasteiger charge is -2.10. The molecule has 6 nitrogen and oxygen atoms in total. The van der Waals surface area contributed by atoms with Crippen molar-refractivity contribution >= 4 is 12.2 Å². The summed E-state index contributed by atoms with van der Waals surface area (Å²) >= 11 is 0. The summed E-state index contributed by atoms with van der Waals surface area (Å²) < 4.78 is 77.9. The molecule has 0 fully saturated rings. The van der Waals surface area contributed by atoms with Gasteiger partial charge in [-0.2, -0.15) is 31.6 Å². The van der Waals surface area contributed by atoms with E-state index < -0.39 is 23.6 Å². The summed E-state index contributed by atoms with van der Waals surface area (Å²) in [4.78, 5) is 6.96. The molecular weight excluding hydrogens is 402 g/mol. The van der Waals surface area contributed by atoms with Crippen molar-refractivity contribution < 1.29 is 26.3 Å². The zero-order valence-corrected chi connectivity index (χ0v) is 14.0. The molecule has 0 amide bonds. The van der Waals surface area contributed by atoms with Gasteiger partial charge in [-0.3, -0.25) is 0 Å². The van der Waals surface area contributed by atoms with Crippen LogP contribution in [0.1, 0.15) is 28.3 Å². The van der Waals surface area contributed by atoms with Gasteiger partial charge >= 0.3 is 12.4 Å². The van der Waals surface area contributed by atoms with E-state index in [0.29, 0.717) is 6.07 Å². The summed E-state index contributed by atoms with van der Waals surface area (Å²) in [6.07, 6.45) is -6.33. The highest BCUT2D eigenvalue weighted by Gasteiger charge is 2.33. The van der Waals surface area contributed by atoms with Crippen LogP contribution in [0.2, 0.25) is 0 Å². The number of rotatable bonds is 3. The molecular formula is C17H8F6N6. The van der Waals surface area contributed by atoms with Crippen molar-refractivity contribution in [1.82, 2.24) is 25.4 Å². The van der Waals surface area contributed by atoms with Gasteiger partial charge in [0.25, 0.3) is 0 Å². The number of H-pyrrole nitrogens is 1. The van der Waals surface area contributed by atoms with Crippen LogP contribution in [-0.4, -0.2) is 25.4 Å². The zero-order valence-electron chi connectivity index (χ0n) is 14.0. The molecule has 0 radical (unpaired) electrons. The van der Waals surface area contributed by atoms with E-state index in [2.05, 4.69) is 25.4 Å². The van der Waals surface area contributed by atoms with Crippen molar-refractivity contribution in [2.24, 2.45) is 0 Å². The molecule has 3 aromatic rings. The number of aromatic nitrogens is 5. The minimum Gasteiger partial charge on any atom is -0.247 e. The van der Waals surface area contributed by atoms with Gasteiger partial charge in [0, 0.05) is 11.8 Å². The highest BCUT2D eigenvalue weighted by atomic mass is 19.4. The zero-order chi connectivity index (χ0) is 21.2. The smallest absolute Gasteiger partial charge is 0.247 e. The Morgan fingerprint density at radius 2 is 1.76 bits per heavy atom. The fourth-order valence-electron chi connectivity index (χ4n) is 2.34. The molecule has 1 aromatic carbocycles. The molecule has 0 bridgehead atoms. The third kappa shape index (κ3) is 4.57. The van der Waals surface area contributed by atoms with Gasteiger partial charge in [-0.15, -0.1) is 5.10 Å². The van der Waals surface area contributed by atoms with E-state index in [1.807, 2.05) is 0 Å². The first-order valence-electron chi connectivity index (χ1n) is 7.70. The molecule has 3 rings (SSSR count). The van der Waals surface area contributed by atoms with Crippen LogP contribution in [0.3, 0.4) is 0 Å². The second-order valence-corrected chi connectivity index (χ2v) is 5.62. The lowest BCUT2D eigenvalue weighted by molar-refractivity contribution is -0.141. The van der Waals surface area contributed by atoms with Gasteiger partial charge < -0.3 is 0 Å². The number of hydrogen-bond donors (Lipinski definition) is 1. The van der Waals surface area contributed by atoms with Crippen molar-refractivity contribution in [3.8, 4) is 17.3 Å². The largest absolute Gasteiger partial charge is 0.433 e. The fourth-order valence-corrected chi connectivity index (χ4v) is 2.34. The first-order chi connectivity index (χ1) is 13.6. The molecule has 148 valence electrons. The van der Waals surface area contributed by atoms with Crippen LogP contribution in [0.4, 0.5) is 26.3 Å². The van der Waals surface area contributed by atoms with E-state index in [4.69, 9.17) is 5.26 Å². The minimum atomic E-state index is -4.71. The summed E-state index contributed by atoms with van der Waals surface area (Å²) in [7, 11) is 0. The quantitative estimate of drug-likeness (QED) is 0.649. The van der Waals surface area contributed by atoms with Gasteiger partial charge in [0.05, 0.1) is 5.56 Å². The molecule has 0 saturated heterocycles. The topological polar surface area (TPSA) is 91.1 Å². The van der Waals surface area contributed by atoms with E-state index in [9.17, 15) is 26.3 Å². The number of nitriles is 1. The summed E-state index contributed by atoms with van der Waals surface area (Å²) in [6.45, 7) is 0. The van der Waals surface area contributed by atoms with Crippen LogP contribution in [0.25, 0.3) is 23.4 Å². The summed E-state index contributed by atoms with van der Waals surface area (Å²) in [6, 6.07) is 5.25. The number of nitrogens with one attached hydrogen (secondary N) is 1. The van der Waals surface area contributed by atoms with Crippen molar-refractivity contribution in [2.45, 2.75) is 12.4 Å². The second-order valence-electron chi connectivity index (χ2n) is 5.62. The second kappa shape index (κ2) is 7.34. The molecule has 2 aromatic heterocycles. The summed E-state index contributed by atoms with van der Waals surface area (Å²) in [5.74, 6) is -0.335. The fraction of sp³-hybridized carbons (Fsp3) is 0.118. The van der Waals surface area contributed by atoms with Crippen LogP contribution in [0.5, 0.6) is 0 Å². The van der Waals surface area contributed by atoms with Gasteiger partial charge in [-0.25, -0.2) is 15.1 Å². The third-order valence-electron chi connectivity index (χ3n) is 3.61. The average molecular weight is 410 g/mol. The van der Waals surface area contributed by atoms with E-state index in [0.717, 1.165) is 30.5 Å². The van der Waals surface area contributed by atoms with Crippen molar-refractivity contribution in [2.75, 3.05) is 0 Å². The number of nitrogens with zero attached hydrogens (tertiary/aromatic N) is 5. The Balaban J connectivity index is 2.05. The predicted octanol–water partition coefficient (Wildman–Crippen LogP) is 4.34. The van der Waals surface area contributed by atoms with Crippen LogP contribution < -0.4 is 0 Å². The molecule has 0 unspecified atom stereocenters. The Bertz CT molecular complexity index is 1110. The summed E-state index contributed by atoms with van der Waals surface area (Å²) in [5.41, 5.74) is -2.51. The lowest BCUT2D eigenvalue weighted by Crippen LogP contribution is -2.09. The molecule has 2 heterocycles. The van der Waals surface area contributed by atoms with E-state index in [-0.39, 0.29) is 28.3 Å². The minimum absolute atomic E-state index is 0.0114. The Morgan fingerprint density at radius 3 is 2.41 bits per heavy atom. The Kier molecular flexibility index (Phi) is 5.06. The van der Waals surface area contributed by atoms with Gasteiger partial charge in [-0.05, 0) is 35.9 Å². The van der Waals surface area contributed by atoms with Crippen molar-refractivity contribution in [3.63, 3.8) is 0 Å². The van der Waals surface area contributed by atoms with Crippen LogP contribution >= 0.6 is 0 Å². The van der Waals surface area contributed by atoms with Crippen LogP contribution in [0, 0.1) is 11.3 Å². The van der Waals surface area contributed by atoms with Gasteiger partial charge in [-0.1, -0.05) is 11.3 Å². The highest BCUT2D eigenvalue weighted by Crippen LogP contribution is 2.34. The average Bonchev–Trinajstić information content (AvgIpc) is 3.14. The number of halogens is 6. The van der Waals surface area contributed by atoms with Gasteiger partial charge in [0.1, 0.15) is 17.5 Å². The highest BCUT2D eigenvalue weighted by molar-refractivity contribution is 5.73.